The maximum Gasteiger partial charge on any atom is 0.0402 e. The third-order valence-electron chi connectivity index (χ3n) is 7.02. The van der Waals surface area contributed by atoms with E-state index in [1.807, 2.05) is 0 Å². The smallest absolute Gasteiger partial charge is 0.0402 e. The van der Waals surface area contributed by atoms with Crippen molar-refractivity contribution >= 4 is 31.9 Å². The number of hydrogen-bond donors (Lipinski definition) is 0. The molecule has 4 fully saturated rings. The van der Waals surface area contributed by atoms with Gasteiger partial charge < -0.3 is 0 Å². The topological polar surface area (TPSA) is 97.5 Å². The Morgan fingerprint density at radius 3 is 1.50 bits per heavy atom. The molecule has 0 saturated heterocycles. The van der Waals surface area contributed by atoms with E-state index in [1.165, 1.54) is 51.4 Å². The van der Waals surface area contributed by atoms with E-state index in [9.17, 15) is 0 Å². The lowest BCUT2D eigenvalue weighted by Gasteiger charge is -2.41. The van der Waals surface area contributed by atoms with Crippen molar-refractivity contribution in [1.29, 1.82) is 0 Å². The summed E-state index contributed by atoms with van der Waals surface area (Å²) in [5, 5.41) is 7.81. The van der Waals surface area contributed by atoms with Crippen LogP contribution in [0.4, 0.5) is 0 Å². The van der Waals surface area contributed by atoms with Crippen molar-refractivity contribution in [3.63, 3.8) is 0 Å². The number of hydrogen-bond acceptors (Lipinski definition) is 2. The first-order valence-electron chi connectivity index (χ1n) is 9.99. The molecule has 0 N–H and O–H groups in total. The van der Waals surface area contributed by atoms with Crippen LogP contribution >= 0.6 is 31.9 Å². The molecule has 0 heterocycles. The van der Waals surface area contributed by atoms with Crippen LogP contribution in [-0.4, -0.2) is 21.7 Å². The zero-order valence-corrected chi connectivity index (χ0v) is 18.3. The molecule has 4 rings (SSSR count). The lowest BCUT2D eigenvalue weighted by molar-refractivity contribution is 0.174. The normalized spacial score (nSPS) is 43.8. The van der Waals surface area contributed by atoms with E-state index < -0.39 is 0 Å². The largest absolute Gasteiger partial charge is 0.0903 e. The SMILES string of the molecule is [N-]=[N+]=NC1CCC(Br)C2CCC1C2.[N-]=[N+]=NC1CCC2CC1CCC2Br. The van der Waals surface area contributed by atoms with Gasteiger partial charge in [-0.15, -0.1) is 0 Å². The minimum Gasteiger partial charge on any atom is -0.0903 e. The zero-order valence-electron chi connectivity index (χ0n) is 15.1. The van der Waals surface area contributed by atoms with Crippen LogP contribution in [0.15, 0.2) is 10.2 Å². The predicted octanol–water partition coefficient (Wildman–Crippen LogP) is 7.28. The maximum absolute atomic E-state index is 8.45. The molecule has 0 spiro atoms. The number of azide groups is 2. The van der Waals surface area contributed by atoms with E-state index in [0.717, 1.165) is 29.5 Å². The fourth-order valence-corrected chi connectivity index (χ4v) is 6.99. The van der Waals surface area contributed by atoms with Gasteiger partial charge in [0.2, 0.25) is 0 Å². The monoisotopic (exact) mass is 486 g/mol. The molecular weight excluding hydrogens is 460 g/mol. The van der Waals surface area contributed by atoms with Gasteiger partial charge in [0.15, 0.2) is 0 Å². The molecule has 8 heteroatoms. The molecule has 0 aliphatic heterocycles. The van der Waals surface area contributed by atoms with Crippen molar-refractivity contribution in [2.75, 3.05) is 0 Å². The summed E-state index contributed by atoms with van der Waals surface area (Å²) in [6.07, 6.45) is 12.2. The predicted molar refractivity (Wildman–Crippen MR) is 111 cm³/mol. The minimum absolute atomic E-state index is 0.276. The maximum atomic E-state index is 8.45. The Hall–Kier alpha value is -0.420. The van der Waals surface area contributed by atoms with Gasteiger partial charge in [0.1, 0.15) is 0 Å². The lowest BCUT2D eigenvalue weighted by Crippen LogP contribution is -2.36. The fourth-order valence-electron chi connectivity index (χ4n) is 5.50. The molecule has 4 saturated carbocycles. The number of rotatable bonds is 2. The van der Waals surface area contributed by atoms with Crippen molar-refractivity contribution in [2.45, 2.75) is 85.9 Å². The Morgan fingerprint density at radius 2 is 0.962 bits per heavy atom. The van der Waals surface area contributed by atoms with E-state index in [0.29, 0.717) is 22.7 Å². The first-order chi connectivity index (χ1) is 12.6. The van der Waals surface area contributed by atoms with Gasteiger partial charge in [0.25, 0.3) is 0 Å². The molecule has 4 bridgehead atoms. The van der Waals surface area contributed by atoms with Crippen molar-refractivity contribution in [3.05, 3.63) is 20.9 Å². The molecule has 8 atom stereocenters. The van der Waals surface area contributed by atoms with Gasteiger partial charge >= 0.3 is 0 Å². The Balaban J connectivity index is 0.000000151. The van der Waals surface area contributed by atoms with Crippen molar-refractivity contribution in [1.82, 2.24) is 0 Å². The summed E-state index contributed by atoms with van der Waals surface area (Å²) in [7, 11) is 0. The summed E-state index contributed by atoms with van der Waals surface area (Å²) in [4.78, 5) is 7.27. The second-order valence-electron chi connectivity index (χ2n) is 8.40. The summed E-state index contributed by atoms with van der Waals surface area (Å²) in [5.41, 5.74) is 16.9. The number of fused-ring (bicyclic) bond motifs is 4. The fraction of sp³-hybridized carbons (Fsp3) is 1.00. The summed E-state index contributed by atoms with van der Waals surface area (Å²) in [6.45, 7) is 0. The number of alkyl halides is 2. The molecule has 144 valence electrons. The third-order valence-corrected chi connectivity index (χ3v) is 9.43. The highest BCUT2D eigenvalue weighted by Gasteiger charge is 2.37. The van der Waals surface area contributed by atoms with Crippen LogP contribution in [-0.2, 0) is 0 Å². The third kappa shape index (κ3) is 4.89. The van der Waals surface area contributed by atoms with E-state index in [1.54, 1.807) is 0 Å². The van der Waals surface area contributed by atoms with Crippen LogP contribution in [0.1, 0.15) is 64.2 Å². The molecule has 26 heavy (non-hydrogen) atoms. The molecule has 4 aliphatic carbocycles. The van der Waals surface area contributed by atoms with Crippen LogP contribution in [0.5, 0.6) is 0 Å². The average molecular weight is 488 g/mol. The van der Waals surface area contributed by atoms with E-state index in [2.05, 4.69) is 51.9 Å². The molecular formula is C18H28Br2N6. The molecule has 8 unspecified atom stereocenters. The first kappa shape index (κ1) is 20.3. The van der Waals surface area contributed by atoms with Crippen molar-refractivity contribution in [3.8, 4) is 0 Å². The van der Waals surface area contributed by atoms with E-state index >= 15 is 0 Å². The Bertz CT molecular complexity index is 572. The summed E-state index contributed by atoms with van der Waals surface area (Å²) >= 11 is 7.47. The first-order valence-corrected chi connectivity index (χ1v) is 11.8. The van der Waals surface area contributed by atoms with E-state index in [4.69, 9.17) is 11.1 Å². The second-order valence-corrected chi connectivity index (χ2v) is 10.7. The van der Waals surface area contributed by atoms with Crippen molar-refractivity contribution in [2.24, 2.45) is 33.9 Å². The van der Waals surface area contributed by atoms with Gasteiger partial charge in [-0.1, -0.05) is 42.1 Å². The molecule has 0 aromatic rings. The van der Waals surface area contributed by atoms with Crippen molar-refractivity contribution < 1.29 is 0 Å². The van der Waals surface area contributed by atoms with Crippen LogP contribution in [0.3, 0.4) is 0 Å². The number of halogens is 2. The standard InChI is InChI=1S/2C9H14BrN3/c10-8-3-1-7-5-6(8)2-4-9(7)12-13-11;10-8-3-4-9(12-13-11)7-2-1-6(8)5-7/h2*6-9H,1-5H2. The van der Waals surface area contributed by atoms with Gasteiger partial charge in [0.05, 0.1) is 0 Å². The summed E-state index contributed by atoms with van der Waals surface area (Å²) in [6, 6.07) is 0.568. The summed E-state index contributed by atoms with van der Waals surface area (Å²) < 4.78 is 0. The lowest BCUT2D eigenvalue weighted by atomic mass is 9.70. The Morgan fingerprint density at radius 1 is 0.577 bits per heavy atom. The molecule has 4 aliphatic rings. The summed E-state index contributed by atoms with van der Waals surface area (Å²) in [5.74, 6) is 3.01. The van der Waals surface area contributed by atoms with E-state index in [-0.39, 0.29) is 6.04 Å². The van der Waals surface area contributed by atoms with Gasteiger partial charge in [-0.2, -0.15) is 0 Å². The van der Waals surface area contributed by atoms with Gasteiger partial charge in [-0.3, -0.25) is 0 Å². The number of nitrogens with zero attached hydrogens (tertiary/aromatic N) is 6. The minimum atomic E-state index is 0.276. The quantitative estimate of drug-likeness (QED) is 0.169. The average Bonchev–Trinajstić information content (AvgIpc) is 3.08. The molecule has 0 amide bonds. The Labute approximate surface area is 172 Å². The molecule has 0 aromatic carbocycles. The molecule has 0 aromatic heterocycles. The van der Waals surface area contributed by atoms with Crippen LogP contribution < -0.4 is 0 Å². The van der Waals surface area contributed by atoms with Crippen LogP contribution in [0.2, 0.25) is 0 Å². The van der Waals surface area contributed by atoms with Gasteiger partial charge in [-0.25, -0.2) is 0 Å². The van der Waals surface area contributed by atoms with Crippen LogP contribution in [0, 0.1) is 23.7 Å². The highest BCUT2D eigenvalue weighted by molar-refractivity contribution is 9.09. The van der Waals surface area contributed by atoms with Gasteiger partial charge in [-0.05, 0) is 98.9 Å². The molecule has 0 radical (unpaired) electrons. The second kappa shape index (κ2) is 9.68. The van der Waals surface area contributed by atoms with Gasteiger partial charge in [0, 0.05) is 31.6 Å². The Kier molecular flexibility index (Phi) is 7.56. The van der Waals surface area contributed by atoms with Crippen LogP contribution in [0.25, 0.3) is 20.9 Å². The molecule has 6 nitrogen and oxygen atoms in total. The highest BCUT2D eigenvalue weighted by Crippen LogP contribution is 2.45. The zero-order chi connectivity index (χ0) is 18.5. The highest BCUT2D eigenvalue weighted by atomic mass is 79.9.